The summed E-state index contributed by atoms with van der Waals surface area (Å²) in [6, 6.07) is 0. The average Bonchev–Trinajstić information content (AvgIpc) is 1.80. The van der Waals surface area contributed by atoms with Crippen LogP contribution in [0.25, 0.3) is 0 Å². The standard InChI is InChI=1S/C9H19.Hf.H2O/c1-4-5-6-7-8-9(2)3;;/h9H,1,4-8H2,2-3H3;;1H2/q-1;;. The summed E-state index contributed by atoms with van der Waals surface area (Å²) in [5.74, 6) is 0.884. The molecule has 0 spiro atoms. The largest absolute Gasteiger partial charge is 0.412 e. The van der Waals surface area contributed by atoms with Gasteiger partial charge < -0.3 is 12.4 Å². The third-order valence-corrected chi connectivity index (χ3v) is 1.53. The summed E-state index contributed by atoms with van der Waals surface area (Å²) in [4.78, 5) is 0. The van der Waals surface area contributed by atoms with Crippen LogP contribution in [0.1, 0.15) is 46.0 Å². The summed E-state index contributed by atoms with van der Waals surface area (Å²) < 4.78 is 0. The van der Waals surface area contributed by atoms with Gasteiger partial charge in [-0.2, -0.15) is 6.42 Å². The molecule has 0 heterocycles. The number of rotatable bonds is 5. The number of hydrogen-bond donors (Lipinski definition) is 0. The van der Waals surface area contributed by atoms with Crippen LogP contribution >= 0.6 is 0 Å². The normalized spacial score (nSPS) is 8.73. The first-order valence-corrected chi connectivity index (χ1v) is 4.06. The van der Waals surface area contributed by atoms with Crippen LogP contribution in [-0.4, -0.2) is 5.48 Å². The molecule has 0 aliphatic heterocycles. The van der Waals surface area contributed by atoms with Crippen molar-refractivity contribution in [2.75, 3.05) is 0 Å². The van der Waals surface area contributed by atoms with E-state index in [0.717, 1.165) is 12.3 Å². The molecule has 0 aliphatic rings. The zero-order valence-corrected chi connectivity index (χ0v) is 11.4. The van der Waals surface area contributed by atoms with E-state index < -0.39 is 0 Å². The van der Waals surface area contributed by atoms with Crippen molar-refractivity contribution in [1.29, 1.82) is 0 Å². The molecule has 0 radical (unpaired) electrons. The van der Waals surface area contributed by atoms with Crippen molar-refractivity contribution in [2.45, 2.75) is 46.0 Å². The maximum Gasteiger partial charge on any atom is 0 e. The van der Waals surface area contributed by atoms with Gasteiger partial charge in [0.05, 0.1) is 0 Å². The molecule has 0 saturated carbocycles. The summed E-state index contributed by atoms with van der Waals surface area (Å²) in [5.41, 5.74) is 0. The molecule has 68 valence electrons. The Hall–Kier alpha value is 0.830. The van der Waals surface area contributed by atoms with Gasteiger partial charge in [-0.15, -0.1) is 0 Å². The minimum Gasteiger partial charge on any atom is -0.412 e. The van der Waals surface area contributed by atoms with Gasteiger partial charge >= 0.3 is 0 Å². The predicted molar refractivity (Wildman–Crippen MR) is 46.9 cm³/mol. The molecule has 1 nitrogen and oxygen atoms in total. The topological polar surface area (TPSA) is 31.5 Å². The van der Waals surface area contributed by atoms with Crippen LogP contribution in [0.5, 0.6) is 0 Å². The third kappa shape index (κ3) is 18.1. The molecular weight excluding hydrogens is 303 g/mol. The average molecular weight is 324 g/mol. The SMILES string of the molecule is O.[CH2-]CCCCCC(C)C.[Hf]. The first kappa shape index (κ1) is 17.8. The first-order chi connectivity index (χ1) is 4.27. The Morgan fingerprint density at radius 2 is 1.64 bits per heavy atom. The van der Waals surface area contributed by atoms with Crippen LogP contribution < -0.4 is 0 Å². The van der Waals surface area contributed by atoms with Gasteiger partial charge in [0.2, 0.25) is 0 Å². The Balaban J connectivity index is -0.000000320. The number of hydrogen-bond acceptors (Lipinski definition) is 0. The van der Waals surface area contributed by atoms with Gasteiger partial charge in [0.1, 0.15) is 0 Å². The maximum atomic E-state index is 3.80. The molecule has 0 rings (SSSR count). The fourth-order valence-corrected chi connectivity index (χ4v) is 0.906. The van der Waals surface area contributed by atoms with Gasteiger partial charge in [-0.1, -0.05) is 39.5 Å². The van der Waals surface area contributed by atoms with Gasteiger partial charge in [-0.05, 0) is 5.92 Å². The van der Waals surface area contributed by atoms with E-state index >= 15 is 0 Å². The summed E-state index contributed by atoms with van der Waals surface area (Å²) in [6.45, 7) is 8.37. The van der Waals surface area contributed by atoms with Crippen molar-refractivity contribution in [3.05, 3.63) is 6.92 Å². The smallest absolute Gasteiger partial charge is 0 e. The summed E-state index contributed by atoms with van der Waals surface area (Å²) in [6.07, 6.45) is 6.58. The van der Waals surface area contributed by atoms with Crippen molar-refractivity contribution in [1.82, 2.24) is 0 Å². The van der Waals surface area contributed by atoms with Crippen LogP contribution in [0.15, 0.2) is 0 Å². The Kier molecular flexibility index (Phi) is 21.7. The van der Waals surface area contributed by atoms with Crippen molar-refractivity contribution >= 4 is 0 Å². The van der Waals surface area contributed by atoms with Crippen molar-refractivity contribution in [3.63, 3.8) is 0 Å². The molecule has 0 aromatic heterocycles. The maximum absolute atomic E-state index is 3.80. The zero-order valence-electron chi connectivity index (χ0n) is 7.82. The molecule has 0 atom stereocenters. The number of unbranched alkanes of at least 4 members (excludes halogenated alkanes) is 3. The first-order valence-electron chi connectivity index (χ1n) is 4.06. The fraction of sp³-hybridized carbons (Fsp3) is 0.889. The van der Waals surface area contributed by atoms with E-state index in [2.05, 4.69) is 20.8 Å². The summed E-state index contributed by atoms with van der Waals surface area (Å²) in [7, 11) is 0. The van der Waals surface area contributed by atoms with Crippen molar-refractivity contribution in [3.8, 4) is 0 Å². The second-order valence-corrected chi connectivity index (χ2v) is 3.10. The molecule has 11 heavy (non-hydrogen) atoms. The van der Waals surface area contributed by atoms with Crippen LogP contribution in [0, 0.1) is 12.8 Å². The molecule has 0 aromatic rings. The minimum absolute atomic E-state index is 0. The van der Waals surface area contributed by atoms with Crippen LogP contribution in [0.3, 0.4) is 0 Å². The molecular formula is C9H21HfO-. The minimum atomic E-state index is 0. The van der Waals surface area contributed by atoms with E-state index in [-0.39, 0.29) is 31.3 Å². The predicted octanol–water partition coefficient (Wildman–Crippen LogP) is 2.60. The van der Waals surface area contributed by atoms with E-state index in [0.29, 0.717) is 0 Å². The summed E-state index contributed by atoms with van der Waals surface area (Å²) in [5, 5.41) is 0. The molecule has 0 unspecified atom stereocenters. The Labute approximate surface area is 90.0 Å². The van der Waals surface area contributed by atoms with Gasteiger partial charge in [-0.3, -0.25) is 0 Å². The Bertz CT molecular complexity index is 55.5. The van der Waals surface area contributed by atoms with Crippen molar-refractivity contribution in [2.24, 2.45) is 5.92 Å². The second kappa shape index (κ2) is 13.4. The Morgan fingerprint density at radius 1 is 1.09 bits per heavy atom. The van der Waals surface area contributed by atoms with Crippen LogP contribution in [0.2, 0.25) is 0 Å². The van der Waals surface area contributed by atoms with Gasteiger partial charge in [-0.25, -0.2) is 0 Å². The van der Waals surface area contributed by atoms with Crippen LogP contribution in [0.4, 0.5) is 0 Å². The van der Waals surface area contributed by atoms with E-state index in [1.807, 2.05) is 0 Å². The third-order valence-electron chi connectivity index (χ3n) is 1.53. The molecule has 0 aromatic carbocycles. The van der Waals surface area contributed by atoms with Gasteiger partial charge in [0.25, 0.3) is 0 Å². The van der Waals surface area contributed by atoms with Crippen molar-refractivity contribution < 1.29 is 31.3 Å². The molecule has 0 fully saturated rings. The molecule has 0 bridgehead atoms. The van der Waals surface area contributed by atoms with E-state index in [1.165, 1.54) is 25.7 Å². The fourth-order valence-electron chi connectivity index (χ4n) is 0.906. The molecule has 0 saturated heterocycles. The van der Waals surface area contributed by atoms with Gasteiger partial charge in [0.15, 0.2) is 0 Å². The molecule has 2 heteroatoms. The monoisotopic (exact) mass is 325 g/mol. The molecule has 0 amide bonds. The van der Waals surface area contributed by atoms with E-state index in [4.69, 9.17) is 0 Å². The molecule has 2 N–H and O–H groups in total. The second-order valence-electron chi connectivity index (χ2n) is 3.10. The van der Waals surface area contributed by atoms with Gasteiger partial charge in [0, 0.05) is 25.8 Å². The zero-order chi connectivity index (χ0) is 7.11. The quantitative estimate of drug-likeness (QED) is 0.423. The Morgan fingerprint density at radius 3 is 2.00 bits per heavy atom. The van der Waals surface area contributed by atoms with Crippen LogP contribution in [-0.2, 0) is 25.8 Å². The molecule has 0 aliphatic carbocycles. The van der Waals surface area contributed by atoms with E-state index in [9.17, 15) is 0 Å². The van der Waals surface area contributed by atoms with E-state index in [1.54, 1.807) is 0 Å². The summed E-state index contributed by atoms with van der Waals surface area (Å²) >= 11 is 0.